The van der Waals surface area contributed by atoms with E-state index in [1.807, 2.05) is 18.1 Å². The van der Waals surface area contributed by atoms with Crippen molar-refractivity contribution in [3.8, 4) is 0 Å². The fourth-order valence-corrected chi connectivity index (χ4v) is 2.94. The van der Waals surface area contributed by atoms with Crippen LogP contribution in [0.15, 0.2) is 10.8 Å². The Balaban J connectivity index is 2.18. The third kappa shape index (κ3) is 2.91. The smallest absolute Gasteiger partial charge is 0.236 e. The van der Waals surface area contributed by atoms with Crippen molar-refractivity contribution in [2.75, 3.05) is 12.8 Å². The van der Waals surface area contributed by atoms with Crippen molar-refractivity contribution in [1.82, 2.24) is 14.9 Å². The third-order valence-electron chi connectivity index (χ3n) is 3.37. The van der Waals surface area contributed by atoms with Gasteiger partial charge < -0.3 is 9.88 Å². The zero-order chi connectivity index (χ0) is 13.1. The van der Waals surface area contributed by atoms with Gasteiger partial charge in [-0.25, -0.2) is 4.98 Å². The van der Waals surface area contributed by atoms with Crippen molar-refractivity contribution in [1.29, 1.82) is 0 Å². The summed E-state index contributed by atoms with van der Waals surface area (Å²) in [5, 5.41) is 0.0176. The molecule has 18 heavy (non-hydrogen) atoms. The second kappa shape index (κ2) is 6.10. The molecule has 1 saturated heterocycles. The largest absolute Gasteiger partial charge is 0.335 e. The van der Waals surface area contributed by atoms with E-state index in [9.17, 15) is 4.79 Å². The molecule has 1 N–H and O–H groups in total. The molecule has 0 aliphatic carbocycles. The van der Waals surface area contributed by atoms with E-state index in [0.717, 1.165) is 36.2 Å². The standard InChI is InChI=1S/C12H18BrN3OS/c1-8(18-2)12(17)16-6-4-3-5-9(16)11-14-7-10(13)15-11/h7-9H,3-6H2,1-2H3,(H,14,15). The highest BCUT2D eigenvalue weighted by Gasteiger charge is 2.31. The Morgan fingerprint density at radius 2 is 2.44 bits per heavy atom. The molecule has 0 radical (unpaired) electrons. The maximum Gasteiger partial charge on any atom is 0.236 e. The number of hydrogen-bond acceptors (Lipinski definition) is 3. The number of aromatic nitrogens is 2. The second-order valence-electron chi connectivity index (χ2n) is 4.54. The first-order valence-corrected chi connectivity index (χ1v) is 8.25. The van der Waals surface area contributed by atoms with Crippen LogP contribution in [0.5, 0.6) is 0 Å². The summed E-state index contributed by atoms with van der Waals surface area (Å²) in [5.74, 6) is 1.11. The summed E-state index contributed by atoms with van der Waals surface area (Å²) < 4.78 is 0.869. The summed E-state index contributed by atoms with van der Waals surface area (Å²) in [5.41, 5.74) is 0. The molecule has 0 bridgehead atoms. The highest BCUT2D eigenvalue weighted by molar-refractivity contribution is 9.10. The lowest BCUT2D eigenvalue weighted by molar-refractivity contribution is -0.134. The van der Waals surface area contributed by atoms with Crippen LogP contribution in [0.1, 0.15) is 38.1 Å². The Kier molecular flexibility index (Phi) is 4.72. The SMILES string of the molecule is CSC(C)C(=O)N1CCCCC1c1ncc(Br)[nH]1. The van der Waals surface area contributed by atoms with Gasteiger partial charge in [0.05, 0.1) is 17.5 Å². The van der Waals surface area contributed by atoms with Crippen molar-refractivity contribution in [3.05, 3.63) is 16.6 Å². The first-order chi connectivity index (χ1) is 8.63. The molecule has 1 amide bonds. The van der Waals surface area contributed by atoms with Crippen LogP contribution in [0.4, 0.5) is 0 Å². The Morgan fingerprint density at radius 1 is 1.67 bits per heavy atom. The predicted molar refractivity (Wildman–Crippen MR) is 77.6 cm³/mol. The van der Waals surface area contributed by atoms with Gasteiger partial charge in [0.15, 0.2) is 0 Å². The number of nitrogens with one attached hydrogen (secondary N) is 1. The molecule has 1 aliphatic rings. The van der Waals surface area contributed by atoms with Crippen LogP contribution in [-0.2, 0) is 4.79 Å². The fraction of sp³-hybridized carbons (Fsp3) is 0.667. The summed E-state index contributed by atoms with van der Waals surface area (Å²) in [6.45, 7) is 2.81. The van der Waals surface area contributed by atoms with E-state index in [-0.39, 0.29) is 17.2 Å². The number of piperidine rings is 1. The molecule has 100 valence electrons. The summed E-state index contributed by atoms with van der Waals surface area (Å²) in [6, 6.07) is 0.104. The number of carbonyl (C=O) groups is 1. The zero-order valence-corrected chi connectivity index (χ0v) is 13.1. The normalized spacial score (nSPS) is 21.9. The first-order valence-electron chi connectivity index (χ1n) is 6.17. The number of H-pyrrole nitrogens is 1. The molecule has 1 aliphatic heterocycles. The number of nitrogens with zero attached hydrogens (tertiary/aromatic N) is 2. The van der Waals surface area contributed by atoms with Crippen LogP contribution < -0.4 is 0 Å². The van der Waals surface area contributed by atoms with Gasteiger partial charge in [-0.2, -0.15) is 11.8 Å². The van der Waals surface area contributed by atoms with Crippen LogP contribution in [-0.4, -0.2) is 38.8 Å². The summed E-state index contributed by atoms with van der Waals surface area (Å²) in [4.78, 5) is 21.9. The number of rotatable bonds is 3. The first kappa shape index (κ1) is 13.9. The lowest BCUT2D eigenvalue weighted by Gasteiger charge is -2.36. The molecule has 4 nitrogen and oxygen atoms in total. The minimum atomic E-state index is 0.0176. The maximum atomic E-state index is 12.4. The second-order valence-corrected chi connectivity index (χ2v) is 6.57. The Labute approximate surface area is 120 Å². The average molecular weight is 332 g/mol. The van der Waals surface area contributed by atoms with Crippen molar-refractivity contribution in [2.45, 2.75) is 37.5 Å². The van der Waals surface area contributed by atoms with Gasteiger partial charge in [-0.3, -0.25) is 4.79 Å². The van der Waals surface area contributed by atoms with Gasteiger partial charge in [0.1, 0.15) is 10.4 Å². The van der Waals surface area contributed by atoms with Crippen LogP contribution in [0.25, 0.3) is 0 Å². The Morgan fingerprint density at radius 3 is 3.06 bits per heavy atom. The summed E-state index contributed by atoms with van der Waals surface area (Å²) in [7, 11) is 0. The van der Waals surface area contributed by atoms with Gasteiger partial charge in [-0.1, -0.05) is 0 Å². The van der Waals surface area contributed by atoms with Crippen molar-refractivity contribution in [2.24, 2.45) is 0 Å². The third-order valence-corrected chi connectivity index (χ3v) is 4.68. The van der Waals surface area contributed by atoms with Gasteiger partial charge in [0.2, 0.25) is 5.91 Å². The van der Waals surface area contributed by atoms with Crippen LogP contribution in [0.3, 0.4) is 0 Å². The molecule has 2 heterocycles. The van der Waals surface area contributed by atoms with Gasteiger partial charge in [-0.05, 0) is 48.4 Å². The maximum absolute atomic E-state index is 12.4. The predicted octanol–water partition coefficient (Wildman–Crippen LogP) is 2.98. The van der Waals surface area contributed by atoms with E-state index in [4.69, 9.17) is 0 Å². The zero-order valence-electron chi connectivity index (χ0n) is 10.6. The highest BCUT2D eigenvalue weighted by Crippen LogP contribution is 2.31. The van der Waals surface area contributed by atoms with Gasteiger partial charge in [0.25, 0.3) is 0 Å². The van der Waals surface area contributed by atoms with E-state index in [1.54, 1.807) is 18.0 Å². The number of amides is 1. The van der Waals surface area contributed by atoms with E-state index in [0.29, 0.717) is 0 Å². The van der Waals surface area contributed by atoms with Crippen molar-refractivity contribution >= 4 is 33.6 Å². The van der Waals surface area contributed by atoms with E-state index in [2.05, 4.69) is 25.9 Å². The number of halogens is 1. The van der Waals surface area contributed by atoms with Crippen molar-refractivity contribution in [3.63, 3.8) is 0 Å². The lowest BCUT2D eigenvalue weighted by atomic mass is 10.0. The Bertz CT molecular complexity index is 423. The molecule has 1 aromatic rings. The topological polar surface area (TPSA) is 49.0 Å². The molecule has 1 aromatic heterocycles. The molecule has 0 spiro atoms. The monoisotopic (exact) mass is 331 g/mol. The molecular formula is C12H18BrN3OS. The number of carbonyl (C=O) groups excluding carboxylic acids is 1. The molecular weight excluding hydrogens is 314 g/mol. The molecule has 2 unspecified atom stereocenters. The number of aromatic amines is 1. The minimum absolute atomic E-state index is 0.0176. The number of likely N-dealkylation sites (tertiary alicyclic amines) is 1. The van der Waals surface area contributed by atoms with Gasteiger partial charge in [-0.15, -0.1) is 0 Å². The minimum Gasteiger partial charge on any atom is -0.335 e. The lowest BCUT2D eigenvalue weighted by Crippen LogP contribution is -2.42. The molecule has 6 heteroatoms. The fourth-order valence-electron chi connectivity index (χ4n) is 2.30. The van der Waals surface area contributed by atoms with E-state index in [1.165, 1.54) is 0 Å². The van der Waals surface area contributed by atoms with E-state index < -0.39 is 0 Å². The van der Waals surface area contributed by atoms with Crippen LogP contribution >= 0.6 is 27.7 Å². The highest BCUT2D eigenvalue weighted by atomic mass is 79.9. The average Bonchev–Trinajstić information content (AvgIpc) is 2.83. The quantitative estimate of drug-likeness (QED) is 0.926. The number of hydrogen-bond donors (Lipinski definition) is 1. The number of imidazole rings is 1. The van der Waals surface area contributed by atoms with Crippen LogP contribution in [0.2, 0.25) is 0 Å². The summed E-state index contributed by atoms with van der Waals surface area (Å²) in [6.07, 6.45) is 6.97. The number of thioether (sulfide) groups is 1. The molecule has 2 atom stereocenters. The van der Waals surface area contributed by atoms with Crippen LogP contribution in [0, 0.1) is 0 Å². The molecule has 0 saturated carbocycles. The summed E-state index contributed by atoms with van der Waals surface area (Å²) >= 11 is 4.97. The van der Waals surface area contributed by atoms with Gasteiger partial charge >= 0.3 is 0 Å². The van der Waals surface area contributed by atoms with E-state index >= 15 is 0 Å². The Hall–Kier alpha value is -0.490. The molecule has 1 fully saturated rings. The van der Waals surface area contributed by atoms with Gasteiger partial charge in [0, 0.05) is 6.54 Å². The molecule has 2 rings (SSSR count). The van der Waals surface area contributed by atoms with Crippen molar-refractivity contribution < 1.29 is 4.79 Å². The molecule has 0 aromatic carbocycles.